The highest BCUT2D eigenvalue weighted by molar-refractivity contribution is 5.73. The Morgan fingerprint density at radius 1 is 0.733 bits per heavy atom. The monoisotopic (exact) mass is 422 g/mol. The van der Waals surface area contributed by atoms with Gasteiger partial charge >= 0.3 is 11.9 Å². The number of aliphatic carboxylic acids is 2. The number of hydrogen-bond donors (Lipinski definition) is 4. The standard InChI is InChI=1S/C24H38O6/c1-23(2,21(27)28)13-9-6-5-7-11-17-15-18(20(26)19(25)16-17)12-8-10-14-24(3,4)22(29)30/h15-16,25-26H,5-14H2,1-4H3,(H,27,28)(H,29,30). The molecule has 0 spiro atoms. The molecular weight excluding hydrogens is 384 g/mol. The maximum atomic E-state index is 11.2. The number of unbranched alkanes of at least 4 members (excludes halogenated alkanes) is 4. The number of aryl methyl sites for hydroxylation is 2. The van der Waals surface area contributed by atoms with E-state index in [0.29, 0.717) is 24.8 Å². The number of aromatic hydroxyl groups is 2. The Hall–Kier alpha value is -2.24. The first-order valence-electron chi connectivity index (χ1n) is 10.9. The van der Waals surface area contributed by atoms with Crippen LogP contribution in [0.5, 0.6) is 11.5 Å². The third-order valence-corrected chi connectivity index (χ3v) is 5.90. The van der Waals surface area contributed by atoms with Crippen molar-refractivity contribution in [3.63, 3.8) is 0 Å². The molecule has 0 aliphatic rings. The normalized spacial score (nSPS) is 12.1. The average molecular weight is 423 g/mol. The van der Waals surface area contributed by atoms with Gasteiger partial charge in [0.05, 0.1) is 10.8 Å². The predicted octanol–water partition coefficient (Wildman–Crippen LogP) is 5.53. The number of phenolic OH excluding ortho intramolecular Hbond substituents is 2. The van der Waals surface area contributed by atoms with Crippen molar-refractivity contribution in [2.24, 2.45) is 10.8 Å². The Labute approximate surface area is 180 Å². The summed E-state index contributed by atoms with van der Waals surface area (Å²) in [5.41, 5.74) is 0.224. The Bertz CT molecular complexity index is 721. The lowest BCUT2D eigenvalue weighted by molar-refractivity contribution is -0.148. The van der Waals surface area contributed by atoms with Crippen molar-refractivity contribution in [1.82, 2.24) is 0 Å². The Balaban J connectivity index is 2.47. The number of carbonyl (C=O) groups is 2. The number of benzene rings is 1. The van der Waals surface area contributed by atoms with Gasteiger partial charge in [0.25, 0.3) is 0 Å². The molecule has 1 aromatic rings. The molecule has 0 aromatic heterocycles. The summed E-state index contributed by atoms with van der Waals surface area (Å²) >= 11 is 0. The highest BCUT2D eigenvalue weighted by Gasteiger charge is 2.26. The van der Waals surface area contributed by atoms with Crippen LogP contribution in [-0.4, -0.2) is 32.4 Å². The highest BCUT2D eigenvalue weighted by atomic mass is 16.4. The van der Waals surface area contributed by atoms with Crippen molar-refractivity contribution >= 4 is 11.9 Å². The van der Waals surface area contributed by atoms with E-state index in [-0.39, 0.29) is 11.5 Å². The molecule has 0 heterocycles. The minimum absolute atomic E-state index is 0.0906. The van der Waals surface area contributed by atoms with Crippen LogP contribution in [0.3, 0.4) is 0 Å². The molecule has 0 atom stereocenters. The lowest BCUT2D eigenvalue weighted by Crippen LogP contribution is -2.23. The van der Waals surface area contributed by atoms with Gasteiger partial charge in [-0.2, -0.15) is 0 Å². The summed E-state index contributed by atoms with van der Waals surface area (Å²) in [6.45, 7) is 6.92. The third kappa shape index (κ3) is 8.25. The van der Waals surface area contributed by atoms with Crippen LogP contribution >= 0.6 is 0 Å². The van der Waals surface area contributed by atoms with E-state index in [1.165, 1.54) is 0 Å². The first-order valence-corrected chi connectivity index (χ1v) is 10.9. The third-order valence-electron chi connectivity index (χ3n) is 5.90. The van der Waals surface area contributed by atoms with Gasteiger partial charge in [0.1, 0.15) is 0 Å². The molecule has 0 unspecified atom stereocenters. The lowest BCUT2D eigenvalue weighted by atomic mass is 9.86. The first-order chi connectivity index (χ1) is 13.9. The van der Waals surface area contributed by atoms with Crippen LogP contribution in [0.1, 0.15) is 90.2 Å². The summed E-state index contributed by atoms with van der Waals surface area (Å²) in [7, 11) is 0. The summed E-state index contributed by atoms with van der Waals surface area (Å²) in [6, 6.07) is 3.52. The molecule has 4 N–H and O–H groups in total. The van der Waals surface area contributed by atoms with Gasteiger partial charge in [0.2, 0.25) is 0 Å². The van der Waals surface area contributed by atoms with E-state index in [1.54, 1.807) is 33.8 Å². The fourth-order valence-electron chi connectivity index (χ4n) is 3.42. The van der Waals surface area contributed by atoms with Crippen molar-refractivity contribution in [2.75, 3.05) is 0 Å². The van der Waals surface area contributed by atoms with Gasteiger partial charge < -0.3 is 20.4 Å². The second-order valence-corrected chi connectivity index (χ2v) is 9.62. The van der Waals surface area contributed by atoms with Crippen LogP contribution in [0.4, 0.5) is 0 Å². The zero-order valence-corrected chi connectivity index (χ0v) is 18.8. The van der Waals surface area contributed by atoms with Crippen molar-refractivity contribution < 1.29 is 30.0 Å². The molecule has 0 radical (unpaired) electrons. The van der Waals surface area contributed by atoms with Gasteiger partial charge in [0.15, 0.2) is 11.5 Å². The average Bonchev–Trinajstić information content (AvgIpc) is 2.64. The molecule has 30 heavy (non-hydrogen) atoms. The summed E-state index contributed by atoms with van der Waals surface area (Å²) in [6.07, 6.45) is 7.83. The van der Waals surface area contributed by atoms with E-state index in [0.717, 1.165) is 50.5 Å². The highest BCUT2D eigenvalue weighted by Crippen LogP contribution is 2.33. The largest absolute Gasteiger partial charge is 0.504 e. The fourth-order valence-corrected chi connectivity index (χ4v) is 3.42. The molecule has 6 heteroatoms. The van der Waals surface area contributed by atoms with Crippen LogP contribution in [-0.2, 0) is 22.4 Å². The molecule has 170 valence electrons. The van der Waals surface area contributed by atoms with Crippen molar-refractivity contribution in [2.45, 2.75) is 91.9 Å². The Morgan fingerprint density at radius 3 is 1.73 bits per heavy atom. The predicted molar refractivity (Wildman–Crippen MR) is 117 cm³/mol. The van der Waals surface area contributed by atoms with Gasteiger partial charge in [-0.15, -0.1) is 0 Å². The quantitative estimate of drug-likeness (QED) is 0.232. The first kappa shape index (κ1) is 25.8. The van der Waals surface area contributed by atoms with Crippen molar-refractivity contribution in [3.8, 4) is 11.5 Å². The van der Waals surface area contributed by atoms with E-state index >= 15 is 0 Å². The van der Waals surface area contributed by atoms with Crippen LogP contribution in [0.2, 0.25) is 0 Å². The molecule has 1 rings (SSSR count). The maximum Gasteiger partial charge on any atom is 0.309 e. The summed E-state index contributed by atoms with van der Waals surface area (Å²) in [4.78, 5) is 22.3. The van der Waals surface area contributed by atoms with E-state index < -0.39 is 22.8 Å². The lowest BCUT2D eigenvalue weighted by Gasteiger charge is -2.18. The molecular formula is C24H38O6. The zero-order valence-electron chi connectivity index (χ0n) is 18.8. The molecule has 0 aliphatic carbocycles. The fraction of sp³-hybridized carbons (Fsp3) is 0.667. The van der Waals surface area contributed by atoms with E-state index in [1.807, 2.05) is 6.07 Å². The maximum absolute atomic E-state index is 11.2. The number of carboxylic acids is 2. The van der Waals surface area contributed by atoms with E-state index in [9.17, 15) is 24.9 Å². The Morgan fingerprint density at radius 2 is 1.20 bits per heavy atom. The van der Waals surface area contributed by atoms with Crippen molar-refractivity contribution in [3.05, 3.63) is 23.3 Å². The molecule has 0 aliphatic heterocycles. The Kier molecular flexibility index (Phi) is 9.66. The van der Waals surface area contributed by atoms with Gasteiger partial charge in [0, 0.05) is 0 Å². The van der Waals surface area contributed by atoms with Crippen LogP contribution < -0.4 is 0 Å². The van der Waals surface area contributed by atoms with Crippen LogP contribution in [0, 0.1) is 10.8 Å². The zero-order chi connectivity index (χ0) is 22.9. The van der Waals surface area contributed by atoms with Gasteiger partial charge in [-0.3, -0.25) is 9.59 Å². The smallest absolute Gasteiger partial charge is 0.309 e. The van der Waals surface area contributed by atoms with E-state index in [2.05, 4.69) is 0 Å². The van der Waals surface area contributed by atoms with Gasteiger partial charge in [-0.1, -0.05) is 31.7 Å². The minimum Gasteiger partial charge on any atom is -0.504 e. The molecule has 0 saturated heterocycles. The molecule has 0 fully saturated rings. The minimum atomic E-state index is -0.809. The number of rotatable bonds is 14. The van der Waals surface area contributed by atoms with Crippen LogP contribution in [0.15, 0.2) is 12.1 Å². The van der Waals surface area contributed by atoms with Crippen LogP contribution in [0.25, 0.3) is 0 Å². The van der Waals surface area contributed by atoms with E-state index in [4.69, 9.17) is 5.11 Å². The molecule has 0 amide bonds. The molecule has 1 aromatic carbocycles. The SMILES string of the molecule is CC(C)(CCCCCCc1cc(O)c(O)c(CCCCC(C)(C)C(=O)O)c1)C(=O)O. The van der Waals surface area contributed by atoms with Gasteiger partial charge in [-0.25, -0.2) is 0 Å². The van der Waals surface area contributed by atoms with Gasteiger partial charge in [-0.05, 0) is 83.4 Å². The second kappa shape index (κ2) is 11.2. The topological polar surface area (TPSA) is 115 Å². The molecule has 0 bridgehead atoms. The summed E-state index contributed by atoms with van der Waals surface area (Å²) in [5, 5.41) is 38.5. The summed E-state index contributed by atoms with van der Waals surface area (Å²) < 4.78 is 0. The van der Waals surface area contributed by atoms with Crippen molar-refractivity contribution in [1.29, 1.82) is 0 Å². The number of carboxylic acid groups (broad SMARTS) is 2. The molecule has 0 saturated carbocycles. The summed E-state index contributed by atoms with van der Waals surface area (Å²) in [5.74, 6) is -1.78. The second-order valence-electron chi connectivity index (χ2n) is 9.62. The molecule has 6 nitrogen and oxygen atoms in total. The number of phenols is 2. The number of hydrogen-bond acceptors (Lipinski definition) is 4.